The second-order valence-electron chi connectivity index (χ2n) is 6.78. The molecule has 1 aliphatic rings. The van der Waals surface area contributed by atoms with Gasteiger partial charge in [-0.05, 0) is 32.6 Å². The van der Waals surface area contributed by atoms with E-state index >= 15 is 0 Å². The number of likely N-dealkylation sites (tertiary alicyclic amines) is 1. The smallest absolute Gasteiger partial charge is 0.191 e. The van der Waals surface area contributed by atoms with E-state index in [0.29, 0.717) is 6.04 Å². The van der Waals surface area contributed by atoms with Crippen molar-refractivity contribution in [2.45, 2.75) is 53.1 Å². The monoisotopic (exact) mass is 337 g/mol. The van der Waals surface area contributed by atoms with Crippen molar-refractivity contribution in [3.63, 3.8) is 0 Å². The van der Waals surface area contributed by atoms with Crippen LogP contribution in [0.5, 0.6) is 0 Å². The van der Waals surface area contributed by atoms with Crippen molar-refractivity contribution >= 4 is 17.3 Å². The summed E-state index contributed by atoms with van der Waals surface area (Å²) in [5.41, 5.74) is 1.12. The van der Waals surface area contributed by atoms with Crippen LogP contribution in [0.4, 0.5) is 0 Å². The number of piperidine rings is 1. The van der Waals surface area contributed by atoms with Crippen molar-refractivity contribution in [2.24, 2.45) is 10.9 Å². The number of guanidine groups is 1. The van der Waals surface area contributed by atoms with E-state index < -0.39 is 0 Å². The van der Waals surface area contributed by atoms with Gasteiger partial charge in [-0.3, -0.25) is 4.99 Å². The molecule has 0 aromatic carbocycles. The summed E-state index contributed by atoms with van der Waals surface area (Å²) in [6.45, 7) is 13.1. The number of nitrogens with zero attached hydrogens (tertiary/aromatic N) is 3. The maximum absolute atomic E-state index is 4.48. The SMILES string of the molecule is CN=C(NCc1sc(C)nc1C)NC1CCN(CC(C)C)CC1. The number of aromatic nitrogens is 1. The molecule has 0 radical (unpaired) electrons. The summed E-state index contributed by atoms with van der Waals surface area (Å²) in [6.07, 6.45) is 2.37. The van der Waals surface area contributed by atoms with Crippen LogP contribution >= 0.6 is 11.3 Å². The fourth-order valence-corrected chi connectivity index (χ4v) is 3.94. The normalized spacial score (nSPS) is 17.7. The van der Waals surface area contributed by atoms with Gasteiger partial charge in [0.25, 0.3) is 0 Å². The number of nitrogens with one attached hydrogen (secondary N) is 2. The van der Waals surface area contributed by atoms with Crippen LogP contribution in [-0.4, -0.2) is 48.6 Å². The standard InChI is InChI=1S/C17H31N5S/c1-12(2)11-22-8-6-15(7-9-22)21-17(18-5)19-10-16-13(3)20-14(4)23-16/h12,15H,6-11H2,1-5H3,(H2,18,19,21). The Hall–Kier alpha value is -1.14. The first kappa shape index (κ1) is 18.2. The van der Waals surface area contributed by atoms with E-state index in [-0.39, 0.29) is 0 Å². The summed E-state index contributed by atoms with van der Waals surface area (Å²) in [6, 6.07) is 0.522. The van der Waals surface area contributed by atoms with Gasteiger partial charge < -0.3 is 15.5 Å². The molecule has 2 N–H and O–H groups in total. The zero-order chi connectivity index (χ0) is 16.8. The van der Waals surface area contributed by atoms with Crippen LogP contribution in [0, 0.1) is 19.8 Å². The van der Waals surface area contributed by atoms with E-state index in [4.69, 9.17) is 0 Å². The van der Waals surface area contributed by atoms with Crippen LogP contribution in [-0.2, 0) is 6.54 Å². The molecule has 0 amide bonds. The van der Waals surface area contributed by atoms with E-state index in [9.17, 15) is 0 Å². The molecule has 1 aliphatic heterocycles. The maximum Gasteiger partial charge on any atom is 0.191 e. The summed E-state index contributed by atoms with van der Waals surface area (Å²) < 4.78 is 0. The molecule has 0 bridgehead atoms. The van der Waals surface area contributed by atoms with Crippen molar-refractivity contribution in [3.8, 4) is 0 Å². The maximum atomic E-state index is 4.48. The van der Waals surface area contributed by atoms with Gasteiger partial charge in [-0.1, -0.05) is 13.8 Å². The van der Waals surface area contributed by atoms with Crippen LogP contribution in [0.2, 0.25) is 0 Å². The fourth-order valence-electron chi connectivity index (χ4n) is 3.07. The van der Waals surface area contributed by atoms with Gasteiger partial charge in [0.2, 0.25) is 0 Å². The van der Waals surface area contributed by atoms with Crippen LogP contribution in [0.15, 0.2) is 4.99 Å². The van der Waals surface area contributed by atoms with Gasteiger partial charge in [0, 0.05) is 37.6 Å². The van der Waals surface area contributed by atoms with Crippen molar-refractivity contribution in [1.29, 1.82) is 0 Å². The van der Waals surface area contributed by atoms with E-state index in [0.717, 1.165) is 29.1 Å². The molecule has 0 atom stereocenters. The molecule has 0 saturated carbocycles. The third-order valence-corrected chi connectivity index (χ3v) is 5.26. The van der Waals surface area contributed by atoms with Crippen LogP contribution < -0.4 is 10.6 Å². The number of aliphatic imine (C=N–C) groups is 1. The van der Waals surface area contributed by atoms with Gasteiger partial charge in [0.05, 0.1) is 17.2 Å². The highest BCUT2D eigenvalue weighted by atomic mass is 32.1. The Kier molecular flexibility index (Phi) is 6.84. The van der Waals surface area contributed by atoms with Crippen LogP contribution in [0.1, 0.15) is 42.3 Å². The van der Waals surface area contributed by atoms with Gasteiger partial charge in [-0.15, -0.1) is 11.3 Å². The highest BCUT2D eigenvalue weighted by molar-refractivity contribution is 7.11. The lowest BCUT2D eigenvalue weighted by molar-refractivity contribution is 0.187. The molecule has 0 unspecified atom stereocenters. The molecule has 5 nitrogen and oxygen atoms in total. The van der Waals surface area contributed by atoms with Crippen molar-refractivity contribution in [2.75, 3.05) is 26.7 Å². The quantitative estimate of drug-likeness (QED) is 0.640. The predicted octanol–water partition coefficient (Wildman–Crippen LogP) is 2.55. The largest absolute Gasteiger partial charge is 0.354 e. The van der Waals surface area contributed by atoms with Gasteiger partial charge in [-0.2, -0.15) is 0 Å². The van der Waals surface area contributed by atoms with E-state index in [1.165, 1.54) is 37.4 Å². The topological polar surface area (TPSA) is 52.6 Å². The number of hydrogen-bond donors (Lipinski definition) is 2. The first-order chi connectivity index (χ1) is 11.0. The Morgan fingerprint density at radius 3 is 2.57 bits per heavy atom. The zero-order valence-corrected chi connectivity index (χ0v) is 16.0. The highest BCUT2D eigenvalue weighted by Crippen LogP contribution is 2.16. The zero-order valence-electron chi connectivity index (χ0n) is 15.1. The number of thiazole rings is 1. The molecule has 130 valence electrons. The fraction of sp³-hybridized carbons (Fsp3) is 0.765. The molecule has 2 heterocycles. The Morgan fingerprint density at radius 2 is 2.04 bits per heavy atom. The summed E-state index contributed by atoms with van der Waals surface area (Å²) in [4.78, 5) is 12.7. The van der Waals surface area contributed by atoms with Gasteiger partial charge in [-0.25, -0.2) is 4.98 Å². The third kappa shape index (κ3) is 5.77. The molecular formula is C17H31N5S. The highest BCUT2D eigenvalue weighted by Gasteiger charge is 2.20. The Bertz CT molecular complexity index is 515. The second kappa shape index (κ2) is 8.64. The molecule has 0 aliphatic carbocycles. The molecular weight excluding hydrogens is 306 g/mol. The summed E-state index contributed by atoms with van der Waals surface area (Å²) >= 11 is 1.76. The molecule has 1 fully saturated rings. The molecule has 23 heavy (non-hydrogen) atoms. The minimum Gasteiger partial charge on any atom is -0.354 e. The first-order valence-corrected chi connectivity index (χ1v) is 9.42. The Balaban J connectivity index is 1.76. The predicted molar refractivity (Wildman–Crippen MR) is 99.2 cm³/mol. The number of hydrogen-bond acceptors (Lipinski definition) is 4. The molecule has 1 aromatic heterocycles. The van der Waals surface area contributed by atoms with Crippen LogP contribution in [0.25, 0.3) is 0 Å². The molecule has 1 aromatic rings. The average molecular weight is 338 g/mol. The lowest BCUT2D eigenvalue weighted by Crippen LogP contribution is -2.48. The first-order valence-electron chi connectivity index (χ1n) is 8.60. The molecule has 2 rings (SSSR count). The van der Waals surface area contributed by atoms with Crippen molar-refractivity contribution in [3.05, 3.63) is 15.6 Å². The number of rotatable bonds is 5. The molecule has 6 heteroatoms. The van der Waals surface area contributed by atoms with E-state index in [2.05, 4.69) is 53.2 Å². The lowest BCUT2D eigenvalue weighted by Gasteiger charge is -2.33. The Labute approximate surface area is 144 Å². The minimum absolute atomic E-state index is 0.522. The van der Waals surface area contributed by atoms with Crippen molar-refractivity contribution in [1.82, 2.24) is 20.5 Å². The summed E-state index contributed by atoms with van der Waals surface area (Å²) in [5.74, 6) is 1.65. The molecule has 0 spiro atoms. The van der Waals surface area contributed by atoms with Gasteiger partial charge in [0.1, 0.15) is 0 Å². The Morgan fingerprint density at radius 1 is 1.35 bits per heavy atom. The lowest BCUT2D eigenvalue weighted by atomic mass is 10.0. The van der Waals surface area contributed by atoms with E-state index in [1.54, 1.807) is 11.3 Å². The second-order valence-corrected chi connectivity index (χ2v) is 8.07. The minimum atomic E-state index is 0.522. The van der Waals surface area contributed by atoms with E-state index in [1.807, 2.05) is 7.05 Å². The average Bonchev–Trinajstić information content (AvgIpc) is 2.82. The van der Waals surface area contributed by atoms with Crippen molar-refractivity contribution < 1.29 is 0 Å². The van der Waals surface area contributed by atoms with Gasteiger partial charge in [0.15, 0.2) is 5.96 Å². The summed E-state index contributed by atoms with van der Waals surface area (Å²) in [7, 11) is 1.84. The number of aryl methyl sites for hydroxylation is 2. The molecule has 1 saturated heterocycles. The summed E-state index contributed by atoms with van der Waals surface area (Å²) in [5, 5.41) is 8.12. The van der Waals surface area contributed by atoms with Crippen LogP contribution in [0.3, 0.4) is 0 Å². The third-order valence-electron chi connectivity index (χ3n) is 4.19. The van der Waals surface area contributed by atoms with Gasteiger partial charge >= 0.3 is 0 Å².